The summed E-state index contributed by atoms with van der Waals surface area (Å²) in [5.41, 5.74) is 2.83. The molecule has 1 heterocycles. The summed E-state index contributed by atoms with van der Waals surface area (Å²) in [4.78, 5) is 27.4. The van der Waals surface area contributed by atoms with E-state index in [1.807, 2.05) is 36.4 Å². The van der Waals surface area contributed by atoms with Crippen molar-refractivity contribution in [3.8, 4) is 0 Å². The van der Waals surface area contributed by atoms with Crippen molar-refractivity contribution in [2.45, 2.75) is 31.7 Å². The van der Waals surface area contributed by atoms with Gasteiger partial charge in [-0.1, -0.05) is 12.1 Å². The van der Waals surface area contributed by atoms with Gasteiger partial charge in [-0.15, -0.1) is 0 Å². The van der Waals surface area contributed by atoms with E-state index in [0.29, 0.717) is 16.9 Å². The number of benzene rings is 2. The highest BCUT2D eigenvalue weighted by Crippen LogP contribution is 2.29. The number of anilines is 3. The fourth-order valence-corrected chi connectivity index (χ4v) is 3.75. The molecule has 0 radical (unpaired) electrons. The van der Waals surface area contributed by atoms with Gasteiger partial charge >= 0.3 is 6.03 Å². The van der Waals surface area contributed by atoms with E-state index in [-0.39, 0.29) is 18.0 Å². The Bertz CT molecular complexity index is 892. The number of carbonyl (C=O) groups is 2. The Morgan fingerprint density at radius 2 is 1.75 bits per heavy atom. The number of hydrogen-bond donors (Lipinski definition) is 3. The molecule has 2 aliphatic rings. The van der Waals surface area contributed by atoms with Crippen LogP contribution in [0.25, 0.3) is 0 Å². The molecule has 1 aliphatic carbocycles. The molecular weight excluding hydrogens is 420 g/mol. The van der Waals surface area contributed by atoms with E-state index in [1.54, 1.807) is 6.07 Å². The van der Waals surface area contributed by atoms with Gasteiger partial charge in [0.25, 0.3) is 5.91 Å². The second-order valence-corrected chi connectivity index (χ2v) is 8.09. The van der Waals surface area contributed by atoms with Gasteiger partial charge in [0.1, 0.15) is 0 Å². The topological polar surface area (TPSA) is 73.5 Å². The summed E-state index contributed by atoms with van der Waals surface area (Å²) in [5.74, 6) is -0.0701. The van der Waals surface area contributed by atoms with Crippen LogP contribution in [0.3, 0.4) is 0 Å². The van der Waals surface area contributed by atoms with Crippen LogP contribution in [0, 0.1) is 0 Å². The quantitative estimate of drug-likeness (QED) is 0.633. The number of nitrogens with one attached hydrogen (secondary N) is 3. The molecule has 3 N–H and O–H groups in total. The van der Waals surface area contributed by atoms with Crippen molar-refractivity contribution in [2.75, 3.05) is 28.6 Å². The van der Waals surface area contributed by atoms with E-state index in [4.69, 9.17) is 0 Å². The number of halogens is 1. The molecule has 3 amide bonds. The van der Waals surface area contributed by atoms with Crippen molar-refractivity contribution in [1.29, 1.82) is 0 Å². The van der Waals surface area contributed by atoms with Crippen molar-refractivity contribution in [2.24, 2.45) is 0 Å². The number of nitrogens with zero attached hydrogens (tertiary/aromatic N) is 1. The standard InChI is InChI=1S/C21H23BrN4O2/c22-17-5-1-2-6-18(17)25-21(28)24-15-9-10-19(26-11-3-4-12-26)16(13-15)20(27)23-14-7-8-14/h1-2,5-6,9-10,13-14H,3-4,7-8,11-12H2,(H,23,27)(H2,24,25,28). The zero-order chi connectivity index (χ0) is 19.5. The predicted octanol–water partition coefficient (Wildman–Crippen LogP) is 4.59. The molecule has 7 heteroatoms. The molecule has 28 heavy (non-hydrogen) atoms. The molecule has 0 bridgehead atoms. The summed E-state index contributed by atoms with van der Waals surface area (Å²) in [6, 6.07) is 12.9. The first-order valence-corrected chi connectivity index (χ1v) is 10.4. The van der Waals surface area contributed by atoms with E-state index < -0.39 is 0 Å². The monoisotopic (exact) mass is 442 g/mol. The van der Waals surface area contributed by atoms with Crippen LogP contribution in [-0.4, -0.2) is 31.1 Å². The zero-order valence-corrected chi connectivity index (χ0v) is 17.1. The van der Waals surface area contributed by atoms with Crippen LogP contribution in [0.2, 0.25) is 0 Å². The molecule has 2 aromatic carbocycles. The normalized spacial score (nSPS) is 16.0. The van der Waals surface area contributed by atoms with E-state index >= 15 is 0 Å². The van der Waals surface area contributed by atoms with E-state index in [1.165, 1.54) is 0 Å². The van der Waals surface area contributed by atoms with Gasteiger partial charge in [-0.3, -0.25) is 4.79 Å². The summed E-state index contributed by atoms with van der Waals surface area (Å²) in [6.07, 6.45) is 4.35. The molecule has 0 aromatic heterocycles. The van der Waals surface area contributed by atoms with E-state index in [9.17, 15) is 9.59 Å². The smallest absolute Gasteiger partial charge is 0.323 e. The van der Waals surface area contributed by atoms with Crippen molar-refractivity contribution in [1.82, 2.24) is 5.32 Å². The molecule has 0 spiro atoms. The number of carbonyl (C=O) groups excluding carboxylic acids is 2. The third kappa shape index (κ3) is 4.47. The molecular formula is C21H23BrN4O2. The van der Waals surface area contributed by atoms with Crippen LogP contribution >= 0.6 is 15.9 Å². The van der Waals surface area contributed by atoms with Crippen molar-refractivity contribution in [3.63, 3.8) is 0 Å². The first-order valence-electron chi connectivity index (χ1n) is 9.62. The average Bonchev–Trinajstić information content (AvgIpc) is 3.32. The molecule has 1 saturated carbocycles. The molecule has 2 aromatic rings. The van der Waals surface area contributed by atoms with Gasteiger partial charge in [-0.05, 0) is 71.9 Å². The van der Waals surface area contributed by atoms with E-state index in [0.717, 1.165) is 48.9 Å². The Kier molecular flexibility index (Phi) is 5.52. The maximum atomic E-state index is 12.8. The van der Waals surface area contributed by atoms with Gasteiger partial charge in [-0.25, -0.2) is 4.79 Å². The summed E-state index contributed by atoms with van der Waals surface area (Å²) in [6.45, 7) is 1.91. The average molecular weight is 443 g/mol. The summed E-state index contributed by atoms with van der Waals surface area (Å²) in [7, 11) is 0. The molecule has 0 unspecified atom stereocenters. The molecule has 4 rings (SSSR count). The minimum atomic E-state index is -0.352. The minimum absolute atomic E-state index is 0.0701. The number of urea groups is 1. The fourth-order valence-electron chi connectivity index (χ4n) is 3.37. The van der Waals surface area contributed by atoms with Crippen LogP contribution in [0.5, 0.6) is 0 Å². The van der Waals surface area contributed by atoms with Gasteiger partial charge in [0.2, 0.25) is 0 Å². The lowest BCUT2D eigenvalue weighted by atomic mass is 10.1. The van der Waals surface area contributed by atoms with Gasteiger partial charge in [0.05, 0.1) is 11.3 Å². The van der Waals surface area contributed by atoms with Crippen molar-refractivity contribution < 1.29 is 9.59 Å². The first kappa shape index (κ1) is 18.8. The molecule has 1 saturated heterocycles. The van der Waals surface area contributed by atoms with Crippen LogP contribution in [-0.2, 0) is 0 Å². The largest absolute Gasteiger partial charge is 0.371 e. The van der Waals surface area contributed by atoms with Crippen molar-refractivity contribution >= 4 is 44.9 Å². The van der Waals surface area contributed by atoms with Crippen molar-refractivity contribution in [3.05, 3.63) is 52.5 Å². The lowest BCUT2D eigenvalue weighted by molar-refractivity contribution is 0.0951. The lowest BCUT2D eigenvalue weighted by Crippen LogP contribution is -2.29. The highest BCUT2D eigenvalue weighted by Gasteiger charge is 2.26. The fraction of sp³-hybridized carbons (Fsp3) is 0.333. The van der Waals surface area contributed by atoms with Gasteiger partial charge < -0.3 is 20.9 Å². The van der Waals surface area contributed by atoms with Gasteiger partial charge in [0, 0.05) is 35.0 Å². The number of rotatable bonds is 5. The van der Waals surface area contributed by atoms with Crippen LogP contribution < -0.4 is 20.9 Å². The maximum Gasteiger partial charge on any atom is 0.323 e. The molecule has 2 fully saturated rings. The lowest BCUT2D eigenvalue weighted by Gasteiger charge is -2.22. The Morgan fingerprint density at radius 3 is 2.46 bits per heavy atom. The second-order valence-electron chi connectivity index (χ2n) is 7.23. The number of para-hydroxylation sites is 1. The number of amides is 3. The summed E-state index contributed by atoms with van der Waals surface area (Å²) < 4.78 is 0.805. The van der Waals surface area contributed by atoms with Crippen LogP contribution in [0.1, 0.15) is 36.0 Å². The maximum absolute atomic E-state index is 12.8. The molecule has 1 aliphatic heterocycles. The first-order chi connectivity index (χ1) is 13.6. The minimum Gasteiger partial charge on any atom is -0.371 e. The third-order valence-electron chi connectivity index (χ3n) is 4.98. The second kappa shape index (κ2) is 8.22. The van der Waals surface area contributed by atoms with E-state index in [2.05, 4.69) is 36.8 Å². The summed E-state index contributed by atoms with van der Waals surface area (Å²) >= 11 is 3.42. The Hall–Kier alpha value is -2.54. The van der Waals surface area contributed by atoms with Gasteiger partial charge in [0.15, 0.2) is 0 Å². The molecule has 6 nitrogen and oxygen atoms in total. The highest BCUT2D eigenvalue weighted by atomic mass is 79.9. The molecule has 0 atom stereocenters. The molecule has 146 valence electrons. The van der Waals surface area contributed by atoms with Crippen LogP contribution in [0.4, 0.5) is 21.9 Å². The Labute approximate surface area is 172 Å². The van der Waals surface area contributed by atoms with Crippen LogP contribution in [0.15, 0.2) is 46.9 Å². The van der Waals surface area contributed by atoms with Gasteiger partial charge in [-0.2, -0.15) is 0 Å². The zero-order valence-electron chi connectivity index (χ0n) is 15.5. The Morgan fingerprint density at radius 1 is 1.00 bits per heavy atom. The number of hydrogen-bond acceptors (Lipinski definition) is 3. The summed E-state index contributed by atoms with van der Waals surface area (Å²) in [5, 5.41) is 8.70. The highest BCUT2D eigenvalue weighted by molar-refractivity contribution is 9.10. The SMILES string of the molecule is O=C(Nc1ccc(N2CCCC2)c(C(=O)NC2CC2)c1)Nc1ccccc1Br. The Balaban J connectivity index is 1.52. The predicted molar refractivity (Wildman–Crippen MR) is 115 cm³/mol. The third-order valence-corrected chi connectivity index (χ3v) is 5.67.